The average Bonchev–Trinajstić information content (AvgIpc) is 2.37. The smallest absolute Gasteiger partial charge is 0.241 e. The van der Waals surface area contributed by atoms with Crippen molar-refractivity contribution in [1.29, 1.82) is 0 Å². The Balaban J connectivity index is 2.69. The number of hydrogen-bond donors (Lipinski definition) is 2. The van der Waals surface area contributed by atoms with Crippen LogP contribution in [0.3, 0.4) is 0 Å². The average molecular weight is 298 g/mol. The number of rotatable bonds is 8. The molecule has 0 saturated carbocycles. The van der Waals surface area contributed by atoms with Crippen LogP contribution in [-0.4, -0.2) is 14.5 Å². The van der Waals surface area contributed by atoms with E-state index in [-0.39, 0.29) is 12.6 Å². The second-order valence-electron chi connectivity index (χ2n) is 5.66. The van der Waals surface area contributed by atoms with Crippen molar-refractivity contribution in [3.8, 4) is 0 Å². The van der Waals surface area contributed by atoms with E-state index in [1.165, 1.54) is 0 Å². The maximum atomic E-state index is 12.4. The van der Waals surface area contributed by atoms with Crippen LogP contribution in [-0.2, 0) is 16.6 Å². The highest BCUT2D eigenvalue weighted by molar-refractivity contribution is 7.89. The third-order valence-corrected chi connectivity index (χ3v) is 4.95. The topological polar surface area (TPSA) is 72.2 Å². The van der Waals surface area contributed by atoms with Crippen LogP contribution in [0.5, 0.6) is 0 Å². The van der Waals surface area contributed by atoms with E-state index in [4.69, 9.17) is 5.73 Å². The number of nitrogens with one attached hydrogen (secondary N) is 1. The molecule has 0 spiro atoms. The molecule has 1 aromatic rings. The summed E-state index contributed by atoms with van der Waals surface area (Å²) in [6, 6.07) is 6.80. The molecule has 0 amide bonds. The van der Waals surface area contributed by atoms with Gasteiger partial charge in [0.05, 0.1) is 4.90 Å². The number of nitrogens with two attached hydrogens (primary N) is 1. The molecule has 1 rings (SSSR count). The lowest BCUT2D eigenvalue weighted by Crippen LogP contribution is -2.33. The minimum absolute atomic E-state index is 0.0652. The first-order valence-corrected chi connectivity index (χ1v) is 8.65. The molecular formula is C15H26N2O2S. The van der Waals surface area contributed by atoms with Crippen LogP contribution in [0.2, 0.25) is 0 Å². The second-order valence-corrected chi connectivity index (χ2v) is 7.34. The Bertz CT molecular complexity index is 512. The Labute approximate surface area is 122 Å². The van der Waals surface area contributed by atoms with Crippen LogP contribution in [0.4, 0.5) is 0 Å². The Morgan fingerprint density at radius 3 is 2.40 bits per heavy atom. The highest BCUT2D eigenvalue weighted by atomic mass is 32.2. The van der Waals surface area contributed by atoms with E-state index in [9.17, 15) is 8.42 Å². The standard InChI is InChI=1S/C15H26N2O2S/c1-12(2)7-6-8-13(3)17-20(18,19)15-10-5-4-9-14(15)11-16/h4-5,9-10,12-13,17H,6-8,11,16H2,1-3H3. The van der Waals surface area contributed by atoms with Gasteiger partial charge in [0.2, 0.25) is 10.0 Å². The predicted octanol–water partition coefficient (Wildman–Crippen LogP) is 2.64. The summed E-state index contributed by atoms with van der Waals surface area (Å²) in [5.41, 5.74) is 6.25. The van der Waals surface area contributed by atoms with Crippen molar-refractivity contribution in [2.45, 2.75) is 57.5 Å². The van der Waals surface area contributed by atoms with E-state index in [2.05, 4.69) is 18.6 Å². The molecule has 0 aliphatic carbocycles. The molecule has 20 heavy (non-hydrogen) atoms. The molecule has 0 heterocycles. The molecule has 4 nitrogen and oxygen atoms in total. The molecule has 0 aromatic heterocycles. The van der Waals surface area contributed by atoms with Crippen LogP contribution < -0.4 is 10.5 Å². The van der Waals surface area contributed by atoms with E-state index in [0.29, 0.717) is 16.4 Å². The minimum Gasteiger partial charge on any atom is -0.326 e. The van der Waals surface area contributed by atoms with Crippen molar-refractivity contribution in [1.82, 2.24) is 4.72 Å². The van der Waals surface area contributed by atoms with Gasteiger partial charge in [0, 0.05) is 12.6 Å². The van der Waals surface area contributed by atoms with E-state index in [1.54, 1.807) is 24.3 Å². The van der Waals surface area contributed by atoms with Gasteiger partial charge in [0.25, 0.3) is 0 Å². The first-order valence-electron chi connectivity index (χ1n) is 7.17. The van der Waals surface area contributed by atoms with E-state index >= 15 is 0 Å². The van der Waals surface area contributed by atoms with E-state index < -0.39 is 10.0 Å². The maximum Gasteiger partial charge on any atom is 0.241 e. The van der Waals surface area contributed by atoms with Crippen LogP contribution in [0.1, 0.15) is 45.6 Å². The quantitative estimate of drug-likeness (QED) is 0.775. The third-order valence-electron chi connectivity index (χ3n) is 3.26. The Kier molecular flexibility index (Phi) is 6.65. The van der Waals surface area contributed by atoms with Crippen LogP contribution in [0.25, 0.3) is 0 Å². The fourth-order valence-corrected chi connectivity index (χ4v) is 3.68. The highest BCUT2D eigenvalue weighted by Crippen LogP contribution is 2.16. The molecule has 0 saturated heterocycles. The Hall–Kier alpha value is -0.910. The molecule has 1 aromatic carbocycles. The molecule has 5 heteroatoms. The molecule has 0 aliphatic rings. The SMILES string of the molecule is CC(C)CCCC(C)NS(=O)(=O)c1ccccc1CN. The predicted molar refractivity (Wildman–Crippen MR) is 82.8 cm³/mol. The van der Waals surface area contributed by atoms with Gasteiger partial charge in [-0.2, -0.15) is 0 Å². The van der Waals surface area contributed by atoms with Gasteiger partial charge in [-0.15, -0.1) is 0 Å². The number of hydrogen-bond acceptors (Lipinski definition) is 3. The lowest BCUT2D eigenvalue weighted by Gasteiger charge is -2.16. The van der Waals surface area contributed by atoms with Crippen molar-refractivity contribution in [3.63, 3.8) is 0 Å². The molecule has 1 unspecified atom stereocenters. The first-order chi connectivity index (χ1) is 9.36. The zero-order valence-electron chi connectivity index (χ0n) is 12.6. The molecule has 0 radical (unpaired) electrons. The van der Waals surface area contributed by atoms with E-state index in [1.807, 2.05) is 6.92 Å². The van der Waals surface area contributed by atoms with Crippen LogP contribution in [0, 0.1) is 5.92 Å². The summed E-state index contributed by atoms with van der Waals surface area (Å²) in [5.74, 6) is 0.650. The van der Waals surface area contributed by atoms with Crippen molar-refractivity contribution in [3.05, 3.63) is 29.8 Å². The Morgan fingerprint density at radius 2 is 1.80 bits per heavy atom. The lowest BCUT2D eigenvalue weighted by molar-refractivity contribution is 0.488. The molecule has 3 N–H and O–H groups in total. The van der Waals surface area contributed by atoms with Crippen molar-refractivity contribution in [2.75, 3.05) is 0 Å². The van der Waals surface area contributed by atoms with Crippen LogP contribution in [0.15, 0.2) is 29.2 Å². The molecule has 1 atom stereocenters. The molecule has 0 aliphatic heterocycles. The molecule has 0 fully saturated rings. The van der Waals surface area contributed by atoms with Gasteiger partial charge in [-0.1, -0.05) is 44.9 Å². The largest absolute Gasteiger partial charge is 0.326 e. The van der Waals surface area contributed by atoms with Gasteiger partial charge in [-0.3, -0.25) is 0 Å². The van der Waals surface area contributed by atoms with Gasteiger partial charge in [0.1, 0.15) is 0 Å². The lowest BCUT2D eigenvalue weighted by atomic mass is 10.0. The normalized spacial score (nSPS) is 13.7. The van der Waals surface area contributed by atoms with Crippen molar-refractivity contribution >= 4 is 10.0 Å². The van der Waals surface area contributed by atoms with Crippen molar-refractivity contribution in [2.24, 2.45) is 11.7 Å². The van der Waals surface area contributed by atoms with E-state index in [0.717, 1.165) is 19.3 Å². The maximum absolute atomic E-state index is 12.4. The molecule has 0 bridgehead atoms. The third kappa shape index (κ3) is 5.23. The summed E-state index contributed by atoms with van der Waals surface area (Å²) in [6.45, 7) is 6.47. The molecular weight excluding hydrogens is 272 g/mol. The summed E-state index contributed by atoms with van der Waals surface area (Å²) >= 11 is 0. The van der Waals surface area contributed by atoms with Gasteiger partial charge < -0.3 is 5.73 Å². The Morgan fingerprint density at radius 1 is 1.15 bits per heavy atom. The summed E-state index contributed by atoms with van der Waals surface area (Å²) in [7, 11) is -3.48. The minimum atomic E-state index is -3.48. The van der Waals surface area contributed by atoms with Gasteiger partial charge in [-0.25, -0.2) is 13.1 Å². The highest BCUT2D eigenvalue weighted by Gasteiger charge is 2.19. The summed E-state index contributed by atoms with van der Waals surface area (Å²) < 4.78 is 27.4. The number of benzene rings is 1. The summed E-state index contributed by atoms with van der Waals surface area (Å²) in [5, 5.41) is 0. The van der Waals surface area contributed by atoms with Gasteiger partial charge in [-0.05, 0) is 30.9 Å². The fourth-order valence-electron chi connectivity index (χ4n) is 2.15. The first kappa shape index (κ1) is 17.1. The van der Waals surface area contributed by atoms with Gasteiger partial charge in [0.15, 0.2) is 0 Å². The molecule has 114 valence electrons. The fraction of sp³-hybridized carbons (Fsp3) is 0.600. The van der Waals surface area contributed by atoms with Crippen molar-refractivity contribution < 1.29 is 8.42 Å². The summed E-state index contributed by atoms with van der Waals surface area (Å²) in [6.07, 6.45) is 2.99. The zero-order chi connectivity index (χ0) is 15.2. The monoisotopic (exact) mass is 298 g/mol. The number of sulfonamides is 1. The van der Waals surface area contributed by atoms with Gasteiger partial charge >= 0.3 is 0 Å². The second kappa shape index (κ2) is 7.76. The summed E-state index contributed by atoms with van der Waals surface area (Å²) in [4.78, 5) is 0.290. The van der Waals surface area contributed by atoms with Crippen LogP contribution >= 0.6 is 0 Å². The zero-order valence-corrected chi connectivity index (χ0v) is 13.4.